The average molecular weight is 359 g/mol. The van der Waals surface area contributed by atoms with Crippen LogP contribution in [0.1, 0.15) is 26.3 Å². The van der Waals surface area contributed by atoms with Gasteiger partial charge in [-0.1, -0.05) is 6.07 Å². The minimum Gasteiger partial charge on any atom is -0.465 e. The molecular formula is C16H13N3O7. The summed E-state index contributed by atoms with van der Waals surface area (Å²) in [5.41, 5.74) is -0.427. The number of esters is 1. The maximum absolute atomic E-state index is 12.4. The largest absolute Gasteiger partial charge is 0.465 e. The molecule has 0 heterocycles. The van der Waals surface area contributed by atoms with Crippen LogP contribution in [-0.4, -0.2) is 28.8 Å². The second-order valence-electron chi connectivity index (χ2n) is 5.23. The zero-order chi connectivity index (χ0) is 19.4. The van der Waals surface area contributed by atoms with Gasteiger partial charge in [-0.15, -0.1) is 0 Å². The molecule has 0 unspecified atom stereocenters. The SMILES string of the molecule is COC(=O)c1cc(C(=O)Nc2ccc(C)c([N+](=O)[O-])c2)cc([N+](=O)[O-])c1. The van der Waals surface area contributed by atoms with Gasteiger partial charge in [0.1, 0.15) is 0 Å². The van der Waals surface area contributed by atoms with E-state index in [1.54, 1.807) is 6.92 Å². The molecule has 2 aromatic carbocycles. The number of hydrogen-bond acceptors (Lipinski definition) is 7. The molecule has 0 aromatic heterocycles. The van der Waals surface area contributed by atoms with Crippen molar-refractivity contribution >= 4 is 28.9 Å². The zero-order valence-electron chi connectivity index (χ0n) is 13.7. The molecule has 0 saturated heterocycles. The number of carbonyl (C=O) groups is 2. The lowest BCUT2D eigenvalue weighted by Gasteiger charge is -2.08. The zero-order valence-corrected chi connectivity index (χ0v) is 13.7. The van der Waals surface area contributed by atoms with E-state index in [1.165, 1.54) is 18.2 Å². The summed E-state index contributed by atoms with van der Waals surface area (Å²) in [5, 5.41) is 24.4. The highest BCUT2D eigenvalue weighted by Crippen LogP contribution is 2.24. The highest BCUT2D eigenvalue weighted by atomic mass is 16.6. The first-order valence-corrected chi connectivity index (χ1v) is 7.17. The van der Waals surface area contributed by atoms with Gasteiger partial charge in [0, 0.05) is 35.0 Å². The fourth-order valence-electron chi connectivity index (χ4n) is 2.17. The van der Waals surface area contributed by atoms with Crippen LogP contribution < -0.4 is 5.32 Å². The summed E-state index contributed by atoms with van der Waals surface area (Å²) in [7, 11) is 1.10. The van der Waals surface area contributed by atoms with E-state index in [1.807, 2.05) is 0 Å². The quantitative estimate of drug-likeness (QED) is 0.491. The molecule has 10 heteroatoms. The van der Waals surface area contributed by atoms with Crippen molar-refractivity contribution in [3.63, 3.8) is 0 Å². The number of hydrogen-bond donors (Lipinski definition) is 1. The van der Waals surface area contributed by atoms with Gasteiger partial charge in [-0.05, 0) is 19.1 Å². The molecule has 0 spiro atoms. The molecule has 0 atom stereocenters. The van der Waals surface area contributed by atoms with Gasteiger partial charge in [0.25, 0.3) is 17.3 Å². The number of methoxy groups -OCH3 is 1. The number of nitro benzene ring substituents is 2. The molecule has 2 aromatic rings. The van der Waals surface area contributed by atoms with Crippen molar-refractivity contribution in [2.24, 2.45) is 0 Å². The smallest absolute Gasteiger partial charge is 0.338 e. The normalized spacial score (nSPS) is 10.1. The molecule has 0 bridgehead atoms. The minimum atomic E-state index is -0.839. The molecule has 1 N–H and O–H groups in total. The highest BCUT2D eigenvalue weighted by Gasteiger charge is 2.19. The Hall–Kier alpha value is -3.82. The molecule has 0 aliphatic heterocycles. The summed E-state index contributed by atoms with van der Waals surface area (Å²) in [4.78, 5) is 44.6. The van der Waals surface area contributed by atoms with E-state index in [0.29, 0.717) is 5.56 Å². The third kappa shape index (κ3) is 3.98. The Bertz CT molecular complexity index is 924. The Morgan fingerprint density at radius 1 is 1.00 bits per heavy atom. The topological polar surface area (TPSA) is 142 Å². The Labute approximate surface area is 146 Å². The predicted octanol–water partition coefficient (Wildman–Crippen LogP) is 2.85. The number of nitro groups is 2. The Kier molecular flexibility index (Phi) is 5.26. The third-order valence-corrected chi connectivity index (χ3v) is 3.48. The first kappa shape index (κ1) is 18.5. The van der Waals surface area contributed by atoms with Gasteiger partial charge in [-0.3, -0.25) is 25.0 Å². The summed E-state index contributed by atoms with van der Waals surface area (Å²) >= 11 is 0. The van der Waals surface area contributed by atoms with Gasteiger partial charge in [0.15, 0.2) is 0 Å². The van der Waals surface area contributed by atoms with Crippen LogP contribution in [0.2, 0.25) is 0 Å². The number of carbonyl (C=O) groups excluding carboxylic acids is 2. The number of amides is 1. The van der Waals surface area contributed by atoms with Crippen LogP contribution in [0.15, 0.2) is 36.4 Å². The number of rotatable bonds is 5. The lowest BCUT2D eigenvalue weighted by molar-refractivity contribution is -0.385. The molecule has 134 valence electrons. The van der Waals surface area contributed by atoms with E-state index in [9.17, 15) is 29.8 Å². The van der Waals surface area contributed by atoms with Crippen LogP contribution in [0, 0.1) is 27.2 Å². The molecule has 0 fully saturated rings. The highest BCUT2D eigenvalue weighted by molar-refractivity contribution is 6.06. The van der Waals surface area contributed by atoms with E-state index < -0.39 is 27.4 Å². The lowest BCUT2D eigenvalue weighted by Crippen LogP contribution is -2.14. The molecule has 0 radical (unpaired) electrons. The molecular weight excluding hydrogens is 346 g/mol. The van der Waals surface area contributed by atoms with Crippen LogP contribution in [0.5, 0.6) is 0 Å². The molecule has 2 rings (SSSR count). The first-order valence-electron chi connectivity index (χ1n) is 7.17. The lowest BCUT2D eigenvalue weighted by atomic mass is 10.1. The fraction of sp³-hybridized carbons (Fsp3) is 0.125. The summed E-state index contributed by atoms with van der Waals surface area (Å²) in [5.74, 6) is -1.61. The third-order valence-electron chi connectivity index (χ3n) is 3.48. The van der Waals surface area contributed by atoms with Gasteiger partial charge in [-0.25, -0.2) is 4.79 Å². The maximum atomic E-state index is 12.4. The van der Waals surface area contributed by atoms with Crippen LogP contribution >= 0.6 is 0 Å². The number of ether oxygens (including phenoxy) is 1. The van der Waals surface area contributed by atoms with Crippen molar-refractivity contribution < 1.29 is 24.2 Å². The van der Waals surface area contributed by atoms with E-state index in [2.05, 4.69) is 10.1 Å². The van der Waals surface area contributed by atoms with E-state index >= 15 is 0 Å². The van der Waals surface area contributed by atoms with Crippen molar-refractivity contribution in [1.29, 1.82) is 0 Å². The Morgan fingerprint density at radius 2 is 1.65 bits per heavy atom. The van der Waals surface area contributed by atoms with Crippen molar-refractivity contribution in [2.45, 2.75) is 6.92 Å². The second kappa shape index (κ2) is 7.38. The molecule has 0 aliphatic rings. The molecule has 26 heavy (non-hydrogen) atoms. The molecule has 0 aliphatic carbocycles. The van der Waals surface area contributed by atoms with Crippen LogP contribution in [-0.2, 0) is 4.74 Å². The van der Waals surface area contributed by atoms with Gasteiger partial charge in [0.05, 0.1) is 22.5 Å². The number of aryl methyl sites for hydroxylation is 1. The van der Waals surface area contributed by atoms with Crippen molar-refractivity contribution in [1.82, 2.24) is 0 Å². The molecule has 1 amide bonds. The van der Waals surface area contributed by atoms with Crippen molar-refractivity contribution in [3.05, 3.63) is 73.3 Å². The Balaban J connectivity index is 2.39. The number of nitrogens with zero attached hydrogens (tertiary/aromatic N) is 2. The van der Waals surface area contributed by atoms with Gasteiger partial charge >= 0.3 is 5.97 Å². The van der Waals surface area contributed by atoms with E-state index in [4.69, 9.17) is 0 Å². The maximum Gasteiger partial charge on any atom is 0.338 e. The predicted molar refractivity (Wildman–Crippen MR) is 90.2 cm³/mol. The fourth-order valence-corrected chi connectivity index (χ4v) is 2.17. The van der Waals surface area contributed by atoms with Crippen LogP contribution in [0.25, 0.3) is 0 Å². The van der Waals surface area contributed by atoms with Crippen molar-refractivity contribution in [2.75, 3.05) is 12.4 Å². The second-order valence-corrected chi connectivity index (χ2v) is 5.23. The number of benzene rings is 2. The summed E-state index contributed by atoms with van der Waals surface area (Å²) in [6.45, 7) is 1.55. The van der Waals surface area contributed by atoms with Crippen LogP contribution in [0.3, 0.4) is 0 Å². The van der Waals surface area contributed by atoms with Gasteiger partial charge in [0.2, 0.25) is 0 Å². The standard InChI is InChI=1S/C16H13N3O7/c1-9-3-4-12(8-14(9)19(24)25)17-15(20)10-5-11(16(21)26-2)7-13(6-10)18(22)23/h3-8H,1-2H3,(H,17,20). The van der Waals surface area contributed by atoms with Crippen LogP contribution in [0.4, 0.5) is 17.1 Å². The minimum absolute atomic E-state index is 0.137. The average Bonchev–Trinajstić information content (AvgIpc) is 2.61. The number of nitrogens with one attached hydrogen (secondary N) is 1. The number of anilines is 1. The van der Waals surface area contributed by atoms with Crippen molar-refractivity contribution in [3.8, 4) is 0 Å². The number of non-ortho nitro benzene ring substituents is 1. The van der Waals surface area contributed by atoms with E-state index in [0.717, 1.165) is 25.3 Å². The summed E-state index contributed by atoms with van der Waals surface area (Å²) < 4.78 is 4.51. The van der Waals surface area contributed by atoms with Gasteiger partial charge < -0.3 is 10.1 Å². The molecule has 10 nitrogen and oxygen atoms in total. The van der Waals surface area contributed by atoms with Gasteiger partial charge in [-0.2, -0.15) is 0 Å². The summed E-state index contributed by atoms with van der Waals surface area (Å²) in [6, 6.07) is 7.20. The monoisotopic (exact) mass is 359 g/mol. The van der Waals surface area contributed by atoms with E-state index in [-0.39, 0.29) is 22.5 Å². The summed E-state index contributed by atoms with van der Waals surface area (Å²) in [6.07, 6.45) is 0. The molecule has 0 saturated carbocycles. The Morgan fingerprint density at radius 3 is 2.23 bits per heavy atom. The first-order chi connectivity index (χ1) is 12.2.